The maximum atomic E-state index is 12.4. The van der Waals surface area contributed by atoms with Gasteiger partial charge in [-0.3, -0.25) is 4.79 Å². The van der Waals surface area contributed by atoms with E-state index < -0.39 is 17.8 Å². The van der Waals surface area contributed by atoms with Gasteiger partial charge in [-0.15, -0.1) is 0 Å². The van der Waals surface area contributed by atoms with Crippen LogP contribution in [0.15, 0.2) is 53.9 Å². The Morgan fingerprint density at radius 3 is 2.32 bits per heavy atom. The molecule has 1 aliphatic heterocycles. The van der Waals surface area contributed by atoms with Gasteiger partial charge in [-0.1, -0.05) is 12.1 Å². The Kier molecular flexibility index (Phi) is 5.38. The Labute approximate surface area is 145 Å². The van der Waals surface area contributed by atoms with Crippen LogP contribution in [0, 0.1) is 6.92 Å². The number of primary amides is 1. The number of allylic oxidation sites excluding steroid dienone is 2. The highest BCUT2D eigenvalue weighted by Gasteiger charge is 2.28. The van der Waals surface area contributed by atoms with Crippen molar-refractivity contribution < 1.29 is 23.9 Å². The highest BCUT2D eigenvalue weighted by molar-refractivity contribution is 6.06. The number of aryl methyl sites for hydroxylation is 1. The van der Waals surface area contributed by atoms with Crippen LogP contribution in [-0.2, 0) is 19.1 Å². The molecule has 7 heteroatoms. The molecule has 1 aromatic rings. The smallest absolute Gasteiger partial charge is 0.355 e. The van der Waals surface area contributed by atoms with Crippen LogP contribution in [0.2, 0.25) is 0 Å². The zero-order chi connectivity index (χ0) is 18.6. The summed E-state index contributed by atoms with van der Waals surface area (Å²) in [7, 11) is 2.44. The number of nitrogens with two attached hydrogens (primary N) is 1. The molecule has 0 bridgehead atoms. The second kappa shape index (κ2) is 7.48. The minimum atomic E-state index is -0.722. The predicted octanol–water partition coefficient (Wildman–Crippen LogP) is 1.58. The van der Waals surface area contributed by atoms with Crippen molar-refractivity contribution >= 4 is 23.5 Å². The largest absolute Gasteiger partial charge is 0.465 e. The van der Waals surface area contributed by atoms with Gasteiger partial charge in [0.1, 0.15) is 5.70 Å². The monoisotopic (exact) mass is 342 g/mol. The number of ether oxygens (including phenoxy) is 2. The van der Waals surface area contributed by atoms with E-state index in [2.05, 4.69) is 0 Å². The number of nitrogens with zero attached hydrogens (tertiary/aromatic N) is 1. The van der Waals surface area contributed by atoms with E-state index in [1.54, 1.807) is 43.5 Å². The van der Waals surface area contributed by atoms with Gasteiger partial charge >= 0.3 is 11.9 Å². The Balaban J connectivity index is 2.73. The molecule has 1 aromatic carbocycles. The van der Waals surface area contributed by atoms with Gasteiger partial charge in [0.15, 0.2) is 0 Å². The Hall–Kier alpha value is -3.35. The fourth-order valence-electron chi connectivity index (χ4n) is 2.37. The van der Waals surface area contributed by atoms with E-state index in [-0.39, 0.29) is 16.8 Å². The van der Waals surface area contributed by atoms with Gasteiger partial charge in [0.2, 0.25) is 5.91 Å². The van der Waals surface area contributed by atoms with Crippen LogP contribution in [0.1, 0.15) is 15.9 Å². The van der Waals surface area contributed by atoms with Crippen LogP contribution in [0.4, 0.5) is 5.69 Å². The minimum absolute atomic E-state index is 0.0240. The summed E-state index contributed by atoms with van der Waals surface area (Å²) in [5.74, 6) is -2.01. The summed E-state index contributed by atoms with van der Waals surface area (Å²) in [5.41, 5.74) is 6.90. The second-order valence-electron chi connectivity index (χ2n) is 5.18. The van der Waals surface area contributed by atoms with Crippen LogP contribution >= 0.6 is 0 Å². The predicted molar refractivity (Wildman–Crippen MR) is 91.5 cm³/mol. The van der Waals surface area contributed by atoms with Crippen molar-refractivity contribution in [3.8, 4) is 0 Å². The first-order chi connectivity index (χ1) is 11.9. The molecule has 1 aliphatic rings. The topological polar surface area (TPSA) is 98.9 Å². The molecule has 0 saturated carbocycles. The molecular weight excluding hydrogens is 324 g/mol. The highest BCUT2D eigenvalue weighted by atomic mass is 16.5. The van der Waals surface area contributed by atoms with E-state index in [1.807, 2.05) is 0 Å². The van der Waals surface area contributed by atoms with Gasteiger partial charge in [0, 0.05) is 17.5 Å². The molecule has 0 unspecified atom stereocenters. The van der Waals surface area contributed by atoms with E-state index >= 15 is 0 Å². The third-order valence-corrected chi connectivity index (χ3v) is 3.64. The van der Waals surface area contributed by atoms with Gasteiger partial charge in [-0.2, -0.15) is 0 Å². The van der Waals surface area contributed by atoms with Crippen LogP contribution < -0.4 is 10.6 Å². The van der Waals surface area contributed by atoms with Crippen molar-refractivity contribution in [3.05, 3.63) is 65.0 Å². The van der Waals surface area contributed by atoms with Crippen LogP contribution in [0.25, 0.3) is 0 Å². The number of esters is 2. The first-order valence-electron chi connectivity index (χ1n) is 7.36. The number of amides is 1. The number of methoxy groups -OCH3 is 2. The average Bonchev–Trinajstić information content (AvgIpc) is 2.83. The Morgan fingerprint density at radius 1 is 1.04 bits per heavy atom. The summed E-state index contributed by atoms with van der Waals surface area (Å²) in [5, 5.41) is 0. The number of benzene rings is 1. The lowest BCUT2D eigenvalue weighted by Gasteiger charge is -2.25. The highest BCUT2D eigenvalue weighted by Crippen LogP contribution is 2.29. The number of hydrogen-bond acceptors (Lipinski definition) is 6. The Bertz CT molecular complexity index is 821. The summed E-state index contributed by atoms with van der Waals surface area (Å²) in [4.78, 5) is 37.5. The SMILES string of the molecule is COC(=O)C1=C(C(=O)OC)N(c2cc(C(N)=O)ccc2C)C=CC=C1. The minimum Gasteiger partial charge on any atom is -0.465 e. The van der Waals surface area contributed by atoms with Crippen LogP contribution in [0.3, 0.4) is 0 Å². The third-order valence-electron chi connectivity index (χ3n) is 3.64. The van der Waals surface area contributed by atoms with E-state index in [0.29, 0.717) is 5.69 Å². The molecular formula is C18H18N2O5. The van der Waals surface area contributed by atoms with Gasteiger partial charge in [-0.25, -0.2) is 9.59 Å². The number of carbonyl (C=O) groups excluding carboxylic acids is 3. The normalized spacial score (nSPS) is 13.5. The number of hydrogen-bond donors (Lipinski definition) is 1. The second-order valence-corrected chi connectivity index (χ2v) is 5.18. The van der Waals surface area contributed by atoms with E-state index in [1.165, 1.54) is 25.2 Å². The van der Waals surface area contributed by atoms with Gasteiger partial charge < -0.3 is 20.1 Å². The lowest BCUT2D eigenvalue weighted by Crippen LogP contribution is -2.27. The summed E-state index contributed by atoms with van der Waals surface area (Å²) in [6.07, 6.45) is 6.30. The molecule has 25 heavy (non-hydrogen) atoms. The fourth-order valence-corrected chi connectivity index (χ4v) is 2.37. The van der Waals surface area contributed by atoms with Crippen molar-refractivity contribution in [2.75, 3.05) is 19.1 Å². The summed E-state index contributed by atoms with van der Waals surface area (Å²) in [6, 6.07) is 4.84. The molecule has 0 radical (unpaired) electrons. The first-order valence-corrected chi connectivity index (χ1v) is 7.36. The van der Waals surface area contributed by atoms with E-state index in [9.17, 15) is 14.4 Å². The third kappa shape index (κ3) is 3.60. The van der Waals surface area contributed by atoms with Gasteiger partial charge in [-0.05, 0) is 36.8 Å². The number of anilines is 1. The van der Waals surface area contributed by atoms with Gasteiger partial charge in [0.25, 0.3) is 0 Å². The molecule has 0 aliphatic carbocycles. The first kappa shape index (κ1) is 18.0. The fraction of sp³-hybridized carbons (Fsp3) is 0.167. The lowest BCUT2D eigenvalue weighted by atomic mass is 10.1. The van der Waals surface area contributed by atoms with Crippen molar-refractivity contribution in [2.24, 2.45) is 5.73 Å². The molecule has 130 valence electrons. The molecule has 0 aromatic heterocycles. The Morgan fingerprint density at radius 2 is 1.72 bits per heavy atom. The molecule has 0 atom stereocenters. The molecule has 1 heterocycles. The van der Waals surface area contributed by atoms with Crippen molar-refractivity contribution in [1.82, 2.24) is 0 Å². The standard InChI is InChI=1S/C18H18N2O5/c1-11-7-8-12(16(19)21)10-14(11)20-9-5-4-6-13(17(22)24-2)15(20)18(23)25-3/h4-10H,1-3H3,(H2,19,21). The summed E-state index contributed by atoms with van der Waals surface area (Å²) in [6.45, 7) is 1.80. The number of carbonyl (C=O) groups is 3. The molecule has 2 N–H and O–H groups in total. The lowest BCUT2D eigenvalue weighted by molar-refractivity contribution is -0.139. The zero-order valence-electron chi connectivity index (χ0n) is 14.1. The van der Waals surface area contributed by atoms with Gasteiger partial charge in [0.05, 0.1) is 19.8 Å². The molecule has 0 saturated heterocycles. The molecule has 7 nitrogen and oxygen atoms in total. The quantitative estimate of drug-likeness (QED) is 0.834. The van der Waals surface area contributed by atoms with E-state index in [4.69, 9.17) is 15.2 Å². The maximum Gasteiger partial charge on any atom is 0.355 e. The molecule has 2 rings (SSSR count). The molecule has 1 amide bonds. The average molecular weight is 342 g/mol. The van der Waals surface area contributed by atoms with Crippen molar-refractivity contribution in [3.63, 3.8) is 0 Å². The molecule has 0 spiro atoms. The maximum absolute atomic E-state index is 12.4. The number of rotatable bonds is 4. The van der Waals surface area contributed by atoms with Crippen molar-refractivity contribution in [1.29, 1.82) is 0 Å². The summed E-state index contributed by atoms with van der Waals surface area (Å²) < 4.78 is 9.60. The van der Waals surface area contributed by atoms with Crippen LogP contribution in [-0.4, -0.2) is 32.1 Å². The zero-order valence-corrected chi connectivity index (χ0v) is 14.1. The van der Waals surface area contributed by atoms with Crippen LogP contribution in [0.5, 0.6) is 0 Å². The van der Waals surface area contributed by atoms with E-state index in [0.717, 1.165) is 5.56 Å². The molecule has 0 fully saturated rings. The van der Waals surface area contributed by atoms with Crippen molar-refractivity contribution in [2.45, 2.75) is 6.92 Å². The summed E-state index contributed by atoms with van der Waals surface area (Å²) >= 11 is 0.